The van der Waals surface area contributed by atoms with Crippen LogP contribution >= 0.6 is 0 Å². The highest BCUT2D eigenvalue weighted by atomic mass is 16.5. The molecule has 0 fully saturated rings. The Morgan fingerprint density at radius 2 is 2.54 bits per heavy atom. The second-order valence-corrected chi connectivity index (χ2v) is 2.17. The van der Waals surface area contributed by atoms with Crippen LogP contribution in [0, 0.1) is 11.3 Å². The maximum Gasteiger partial charge on any atom is 0.341 e. The number of nitriles is 1. The predicted molar refractivity (Wildman–Crippen MR) is 42.1 cm³/mol. The van der Waals surface area contributed by atoms with Crippen LogP contribution in [0.15, 0.2) is 18.5 Å². The number of aliphatic carboxylic acids is 1. The Morgan fingerprint density at radius 1 is 1.77 bits per heavy atom. The van der Waals surface area contributed by atoms with E-state index in [4.69, 9.17) is 15.1 Å². The number of rotatable bonds is 3. The summed E-state index contributed by atoms with van der Waals surface area (Å²) in [5.41, 5.74) is 0.274. The average molecular weight is 178 g/mol. The van der Waals surface area contributed by atoms with E-state index in [-0.39, 0.29) is 11.3 Å². The van der Waals surface area contributed by atoms with E-state index in [2.05, 4.69) is 4.98 Å². The summed E-state index contributed by atoms with van der Waals surface area (Å²) in [6.07, 6.45) is 2.74. The van der Waals surface area contributed by atoms with Gasteiger partial charge in [-0.1, -0.05) is 0 Å². The van der Waals surface area contributed by atoms with E-state index in [1.807, 2.05) is 6.07 Å². The summed E-state index contributed by atoms with van der Waals surface area (Å²) < 4.78 is 4.80. The SMILES string of the molecule is N#Cc1ccncc1OCC(=O)O. The fraction of sp³-hybridized carbons (Fsp3) is 0.125. The number of carboxylic acids is 1. The molecule has 1 aromatic heterocycles. The number of carboxylic acid groups (broad SMARTS) is 1. The predicted octanol–water partition coefficient (Wildman–Crippen LogP) is 0.417. The molecule has 0 saturated carbocycles. The van der Waals surface area contributed by atoms with Crippen LogP contribution in [0.3, 0.4) is 0 Å². The van der Waals surface area contributed by atoms with Gasteiger partial charge < -0.3 is 9.84 Å². The Bertz CT molecular complexity index is 357. The van der Waals surface area contributed by atoms with Gasteiger partial charge in [-0.05, 0) is 6.07 Å². The Hall–Kier alpha value is -2.09. The second-order valence-electron chi connectivity index (χ2n) is 2.17. The largest absolute Gasteiger partial charge is 0.479 e. The molecule has 0 radical (unpaired) electrons. The number of nitrogens with zero attached hydrogens (tertiary/aromatic N) is 2. The lowest BCUT2D eigenvalue weighted by molar-refractivity contribution is -0.139. The molecule has 13 heavy (non-hydrogen) atoms. The molecule has 0 atom stereocenters. The molecular weight excluding hydrogens is 172 g/mol. The highest BCUT2D eigenvalue weighted by molar-refractivity contribution is 5.68. The molecule has 1 heterocycles. The first-order valence-corrected chi connectivity index (χ1v) is 3.42. The highest BCUT2D eigenvalue weighted by Gasteiger charge is 2.04. The highest BCUT2D eigenvalue weighted by Crippen LogP contribution is 2.14. The maximum absolute atomic E-state index is 10.1. The van der Waals surface area contributed by atoms with E-state index < -0.39 is 12.6 Å². The minimum atomic E-state index is -1.09. The summed E-state index contributed by atoms with van der Waals surface area (Å²) in [4.78, 5) is 13.8. The molecule has 0 unspecified atom stereocenters. The van der Waals surface area contributed by atoms with Gasteiger partial charge in [0.25, 0.3) is 0 Å². The molecular formula is C8H6N2O3. The minimum absolute atomic E-state index is 0.187. The van der Waals surface area contributed by atoms with Gasteiger partial charge in [-0.3, -0.25) is 4.98 Å². The van der Waals surface area contributed by atoms with E-state index in [0.717, 1.165) is 0 Å². The smallest absolute Gasteiger partial charge is 0.341 e. The zero-order valence-electron chi connectivity index (χ0n) is 6.60. The third kappa shape index (κ3) is 2.45. The van der Waals surface area contributed by atoms with Crippen molar-refractivity contribution in [3.05, 3.63) is 24.0 Å². The fourth-order valence-corrected chi connectivity index (χ4v) is 0.727. The number of ether oxygens (including phenoxy) is 1. The van der Waals surface area contributed by atoms with Crippen molar-refractivity contribution in [2.45, 2.75) is 0 Å². The first-order chi connectivity index (χ1) is 6.24. The monoisotopic (exact) mass is 178 g/mol. The quantitative estimate of drug-likeness (QED) is 0.724. The maximum atomic E-state index is 10.1. The molecule has 0 aliphatic rings. The third-order valence-corrected chi connectivity index (χ3v) is 1.26. The molecule has 1 N–H and O–H groups in total. The fourth-order valence-electron chi connectivity index (χ4n) is 0.727. The van der Waals surface area contributed by atoms with E-state index in [9.17, 15) is 4.79 Å². The molecule has 0 spiro atoms. The molecule has 5 nitrogen and oxygen atoms in total. The summed E-state index contributed by atoms with van der Waals surface area (Å²) in [7, 11) is 0. The van der Waals surface area contributed by atoms with Crippen LogP contribution in [0.1, 0.15) is 5.56 Å². The van der Waals surface area contributed by atoms with E-state index >= 15 is 0 Å². The molecule has 0 saturated heterocycles. The Balaban J connectivity index is 2.77. The number of aromatic nitrogens is 1. The van der Waals surface area contributed by atoms with Crippen LogP contribution in [-0.4, -0.2) is 22.7 Å². The summed E-state index contributed by atoms with van der Waals surface area (Å²) >= 11 is 0. The lowest BCUT2D eigenvalue weighted by Gasteiger charge is -2.02. The van der Waals surface area contributed by atoms with Crippen LogP contribution in [-0.2, 0) is 4.79 Å². The molecule has 0 aromatic carbocycles. The van der Waals surface area contributed by atoms with Crippen LogP contribution < -0.4 is 4.74 Å². The minimum Gasteiger partial charge on any atom is -0.479 e. The molecule has 66 valence electrons. The summed E-state index contributed by atoms with van der Waals surface area (Å²) in [5, 5.41) is 16.9. The third-order valence-electron chi connectivity index (χ3n) is 1.26. The van der Waals surface area contributed by atoms with Crippen molar-refractivity contribution in [3.8, 4) is 11.8 Å². The van der Waals surface area contributed by atoms with Crippen molar-refractivity contribution in [1.29, 1.82) is 5.26 Å². The first kappa shape index (κ1) is 9.00. The normalized spacial score (nSPS) is 8.85. The Morgan fingerprint density at radius 3 is 3.15 bits per heavy atom. The second kappa shape index (κ2) is 4.07. The summed E-state index contributed by atoms with van der Waals surface area (Å²) in [6.45, 7) is -0.472. The van der Waals surface area contributed by atoms with Crippen molar-refractivity contribution < 1.29 is 14.6 Å². The van der Waals surface area contributed by atoms with Crippen LogP contribution in [0.25, 0.3) is 0 Å². The van der Waals surface area contributed by atoms with Gasteiger partial charge >= 0.3 is 5.97 Å². The average Bonchev–Trinajstić information content (AvgIpc) is 2.15. The number of hydrogen-bond donors (Lipinski definition) is 1. The van der Waals surface area contributed by atoms with Gasteiger partial charge in [-0.15, -0.1) is 0 Å². The molecule has 0 aliphatic heterocycles. The zero-order chi connectivity index (χ0) is 9.68. The van der Waals surface area contributed by atoms with Gasteiger partial charge in [0.1, 0.15) is 6.07 Å². The summed E-state index contributed by atoms with van der Waals surface area (Å²) in [5.74, 6) is -0.903. The van der Waals surface area contributed by atoms with Crippen molar-refractivity contribution in [2.24, 2.45) is 0 Å². The topological polar surface area (TPSA) is 83.2 Å². The van der Waals surface area contributed by atoms with Gasteiger partial charge in [-0.2, -0.15) is 5.26 Å². The van der Waals surface area contributed by atoms with Crippen LogP contribution in [0.2, 0.25) is 0 Å². The van der Waals surface area contributed by atoms with Gasteiger partial charge in [0, 0.05) is 6.20 Å². The van der Waals surface area contributed by atoms with Gasteiger partial charge in [0.05, 0.1) is 11.8 Å². The van der Waals surface area contributed by atoms with Crippen LogP contribution in [0.5, 0.6) is 5.75 Å². The molecule has 5 heteroatoms. The Kier molecular flexibility index (Phi) is 2.82. The molecule has 1 rings (SSSR count). The van der Waals surface area contributed by atoms with Crippen LogP contribution in [0.4, 0.5) is 0 Å². The lowest BCUT2D eigenvalue weighted by atomic mass is 10.3. The molecule has 0 amide bonds. The summed E-state index contributed by atoms with van der Waals surface area (Å²) in [6, 6.07) is 3.32. The number of hydrogen-bond acceptors (Lipinski definition) is 4. The van der Waals surface area contributed by atoms with Crippen molar-refractivity contribution >= 4 is 5.97 Å². The van der Waals surface area contributed by atoms with Crippen molar-refractivity contribution in [1.82, 2.24) is 4.98 Å². The number of carbonyl (C=O) groups is 1. The molecule has 0 aliphatic carbocycles. The Labute approximate surface area is 74.2 Å². The standard InChI is InChI=1S/C8H6N2O3/c9-3-6-1-2-10-4-7(6)13-5-8(11)12/h1-2,4H,5H2,(H,11,12). The molecule has 1 aromatic rings. The van der Waals surface area contributed by atoms with Crippen molar-refractivity contribution in [2.75, 3.05) is 6.61 Å². The van der Waals surface area contributed by atoms with Gasteiger partial charge in [-0.25, -0.2) is 4.79 Å². The lowest BCUT2D eigenvalue weighted by Crippen LogP contribution is -2.10. The zero-order valence-corrected chi connectivity index (χ0v) is 6.60. The van der Waals surface area contributed by atoms with E-state index in [1.54, 1.807) is 0 Å². The van der Waals surface area contributed by atoms with Crippen molar-refractivity contribution in [3.63, 3.8) is 0 Å². The molecule has 0 bridgehead atoms. The number of pyridine rings is 1. The van der Waals surface area contributed by atoms with E-state index in [1.165, 1.54) is 18.5 Å². The first-order valence-electron chi connectivity index (χ1n) is 3.42. The van der Waals surface area contributed by atoms with Gasteiger partial charge in [0.15, 0.2) is 12.4 Å². The van der Waals surface area contributed by atoms with E-state index in [0.29, 0.717) is 0 Å². The van der Waals surface area contributed by atoms with Gasteiger partial charge in [0.2, 0.25) is 0 Å².